The van der Waals surface area contributed by atoms with Gasteiger partial charge in [-0.15, -0.1) is 0 Å². The highest BCUT2D eigenvalue weighted by Crippen LogP contribution is 2.71. The van der Waals surface area contributed by atoms with Gasteiger partial charge in [-0.3, -0.25) is 14.5 Å². The van der Waals surface area contributed by atoms with Gasteiger partial charge in [-0.1, -0.05) is 34.6 Å². The molecule has 276 valence electrons. The van der Waals surface area contributed by atoms with E-state index in [0.717, 1.165) is 102 Å². The van der Waals surface area contributed by atoms with E-state index in [1.807, 2.05) is 4.90 Å². The third-order valence-electron chi connectivity index (χ3n) is 16.8. The lowest BCUT2D eigenvalue weighted by atomic mass is 9.44. The van der Waals surface area contributed by atoms with Crippen LogP contribution in [0.3, 0.4) is 0 Å². The van der Waals surface area contributed by atoms with Crippen LogP contribution >= 0.6 is 0 Å². The molecular weight excluding hydrogens is 612 g/mol. The van der Waals surface area contributed by atoms with Crippen molar-refractivity contribution in [1.82, 2.24) is 20.0 Å². The molecule has 2 amide bonds. The number of nitrogens with one attached hydrogen (secondary N) is 1. The molecule has 49 heavy (non-hydrogen) atoms. The Bertz CT molecular complexity index is 1220. The number of piperidine rings is 1. The minimum absolute atomic E-state index is 0.0113. The maximum atomic E-state index is 13.2. The minimum atomic E-state index is -0.329. The van der Waals surface area contributed by atoms with Gasteiger partial charge in [-0.05, 0) is 124 Å². The molecule has 1 N–H and O–H groups in total. The molecule has 0 aromatic heterocycles. The Hall–Kier alpha value is -1.22. The molecule has 4 aliphatic carbocycles. The lowest BCUT2D eigenvalue weighted by Gasteiger charge is -2.61. The summed E-state index contributed by atoms with van der Waals surface area (Å²) in [5.74, 6) is 4.41. The van der Waals surface area contributed by atoms with Crippen LogP contribution in [0.5, 0.6) is 0 Å². The molecule has 4 saturated heterocycles. The maximum absolute atomic E-state index is 13.2. The number of carbonyl (C=O) groups excluding carboxylic acids is 2. The number of carbonyl (C=O) groups is 2. The van der Waals surface area contributed by atoms with E-state index in [4.69, 9.17) is 9.47 Å². The standard InChI is InChI=1S/C41H68N4O4/c1-6-43-19-21-44(22-20-43)31-12-17-45(18-13-31)37(47)25-36(46)42-30-10-14-39(4)29(23-30)7-8-32-33(39)11-15-40(5)34(32)24-35-38(40)28(3)41(49-35)16-9-27(2)26-48-41/h27-35,38H,6-26H2,1-5H3,(H,42,46)/t27-,28+,29-,30-,32-,33?,34+,35+,38+,39+,40+,41-/m1/s1. The lowest BCUT2D eigenvalue weighted by molar-refractivity contribution is -0.273. The molecule has 8 rings (SSSR count). The summed E-state index contributed by atoms with van der Waals surface area (Å²) < 4.78 is 13.6. The summed E-state index contributed by atoms with van der Waals surface area (Å²) in [6, 6.07) is 0.796. The SMILES string of the molecule is CCN1CCN(C2CCN(C(=O)CC(=O)N[C@@H]3CC[C@]4(C)C5CC[C@]6(C)[C@@H]7[C@H](C[C@H]6[C@@H]5CC[C@@H]4C3)O[C@]3(CC[C@@H](C)CO3)[C@H]7C)CC2)CC1. The summed E-state index contributed by atoms with van der Waals surface area (Å²) in [7, 11) is 0. The number of amides is 2. The summed E-state index contributed by atoms with van der Waals surface area (Å²) in [4.78, 5) is 33.5. The fourth-order valence-electron chi connectivity index (χ4n) is 13.9. The molecule has 4 heterocycles. The second-order valence-corrected chi connectivity index (χ2v) is 19.0. The van der Waals surface area contributed by atoms with Crippen molar-refractivity contribution in [3.63, 3.8) is 0 Å². The molecule has 1 spiro atoms. The van der Waals surface area contributed by atoms with Crippen LogP contribution in [0.25, 0.3) is 0 Å². The van der Waals surface area contributed by atoms with E-state index in [9.17, 15) is 9.59 Å². The molecule has 0 radical (unpaired) electrons. The zero-order chi connectivity index (χ0) is 34.1. The van der Waals surface area contributed by atoms with Gasteiger partial charge in [0.1, 0.15) is 6.42 Å². The number of likely N-dealkylation sites (N-methyl/N-ethyl adjacent to an activating group) is 1. The van der Waals surface area contributed by atoms with Crippen LogP contribution < -0.4 is 5.32 Å². The molecule has 8 fully saturated rings. The van der Waals surface area contributed by atoms with Crippen molar-refractivity contribution >= 4 is 11.8 Å². The molecular formula is C41H68N4O4. The van der Waals surface area contributed by atoms with E-state index in [1.54, 1.807) is 0 Å². The third kappa shape index (κ3) is 6.02. The Morgan fingerprint density at radius 3 is 2.29 bits per heavy atom. The Morgan fingerprint density at radius 1 is 0.816 bits per heavy atom. The molecule has 8 nitrogen and oxygen atoms in total. The number of nitrogens with zero attached hydrogens (tertiary/aromatic N) is 3. The Labute approximate surface area is 297 Å². The number of likely N-dealkylation sites (tertiary alicyclic amines) is 1. The normalized spacial score (nSPS) is 47.7. The van der Waals surface area contributed by atoms with Crippen molar-refractivity contribution < 1.29 is 19.1 Å². The number of ether oxygens (including phenoxy) is 2. The second-order valence-electron chi connectivity index (χ2n) is 19.0. The van der Waals surface area contributed by atoms with Crippen LogP contribution in [0.1, 0.15) is 118 Å². The molecule has 1 unspecified atom stereocenters. The Kier molecular flexibility index (Phi) is 9.47. The van der Waals surface area contributed by atoms with Gasteiger partial charge in [0.25, 0.3) is 0 Å². The number of piperazine rings is 1. The highest BCUT2D eigenvalue weighted by molar-refractivity contribution is 5.97. The van der Waals surface area contributed by atoms with Gasteiger partial charge in [0.05, 0.1) is 12.7 Å². The van der Waals surface area contributed by atoms with E-state index >= 15 is 0 Å². The average Bonchev–Trinajstić information content (AvgIpc) is 3.55. The molecule has 0 aromatic carbocycles. The zero-order valence-electron chi connectivity index (χ0n) is 31.6. The third-order valence-corrected chi connectivity index (χ3v) is 16.8. The van der Waals surface area contributed by atoms with Gasteiger partial charge in [0, 0.05) is 63.7 Å². The topological polar surface area (TPSA) is 74.4 Å². The fourth-order valence-corrected chi connectivity index (χ4v) is 13.9. The molecule has 8 heteroatoms. The molecule has 0 aromatic rings. The number of hydrogen-bond acceptors (Lipinski definition) is 6. The largest absolute Gasteiger partial charge is 0.353 e. The predicted octanol–water partition coefficient (Wildman–Crippen LogP) is 5.94. The zero-order valence-corrected chi connectivity index (χ0v) is 31.6. The lowest BCUT2D eigenvalue weighted by Crippen LogP contribution is -2.56. The predicted molar refractivity (Wildman–Crippen MR) is 192 cm³/mol. The van der Waals surface area contributed by atoms with Crippen molar-refractivity contribution in [2.45, 2.75) is 142 Å². The van der Waals surface area contributed by atoms with E-state index in [2.05, 4.69) is 49.7 Å². The Morgan fingerprint density at radius 2 is 1.57 bits per heavy atom. The van der Waals surface area contributed by atoms with Gasteiger partial charge in [-0.2, -0.15) is 0 Å². The minimum Gasteiger partial charge on any atom is -0.353 e. The first-order valence-electron chi connectivity index (χ1n) is 20.9. The van der Waals surface area contributed by atoms with Gasteiger partial charge < -0.3 is 24.6 Å². The van der Waals surface area contributed by atoms with Crippen LogP contribution in [-0.2, 0) is 19.1 Å². The molecule has 4 saturated carbocycles. The summed E-state index contributed by atoms with van der Waals surface area (Å²) in [6.45, 7) is 20.4. The second kappa shape index (κ2) is 13.3. The van der Waals surface area contributed by atoms with Gasteiger partial charge in [-0.25, -0.2) is 0 Å². The first-order valence-corrected chi connectivity index (χ1v) is 20.9. The van der Waals surface area contributed by atoms with Crippen molar-refractivity contribution in [1.29, 1.82) is 0 Å². The highest BCUT2D eigenvalue weighted by Gasteiger charge is 2.69. The van der Waals surface area contributed by atoms with Gasteiger partial charge in [0.2, 0.25) is 11.8 Å². The summed E-state index contributed by atoms with van der Waals surface area (Å²) in [5, 5.41) is 3.36. The summed E-state index contributed by atoms with van der Waals surface area (Å²) in [5.41, 5.74) is 0.727. The van der Waals surface area contributed by atoms with Crippen molar-refractivity contribution in [2.75, 3.05) is 52.4 Å². The molecule has 0 bridgehead atoms. The summed E-state index contributed by atoms with van der Waals surface area (Å²) in [6.07, 6.45) is 14.6. The number of hydrogen-bond donors (Lipinski definition) is 1. The number of rotatable bonds is 5. The van der Waals surface area contributed by atoms with E-state index in [1.165, 1.54) is 44.9 Å². The van der Waals surface area contributed by atoms with Crippen LogP contribution in [0.4, 0.5) is 0 Å². The fraction of sp³-hybridized carbons (Fsp3) is 0.951. The smallest absolute Gasteiger partial charge is 0.232 e. The van der Waals surface area contributed by atoms with E-state index in [0.29, 0.717) is 46.6 Å². The van der Waals surface area contributed by atoms with Crippen LogP contribution in [-0.4, -0.2) is 103 Å². The van der Waals surface area contributed by atoms with Gasteiger partial charge in [0.15, 0.2) is 5.79 Å². The maximum Gasteiger partial charge on any atom is 0.232 e. The van der Waals surface area contributed by atoms with Crippen LogP contribution in [0.2, 0.25) is 0 Å². The summed E-state index contributed by atoms with van der Waals surface area (Å²) >= 11 is 0. The monoisotopic (exact) mass is 681 g/mol. The molecule has 4 aliphatic heterocycles. The van der Waals surface area contributed by atoms with Crippen LogP contribution in [0.15, 0.2) is 0 Å². The first kappa shape index (κ1) is 34.8. The average molecular weight is 681 g/mol. The van der Waals surface area contributed by atoms with Crippen molar-refractivity contribution in [3.8, 4) is 0 Å². The highest BCUT2D eigenvalue weighted by atomic mass is 16.7. The van der Waals surface area contributed by atoms with Crippen LogP contribution in [0, 0.1) is 52.3 Å². The quantitative estimate of drug-likeness (QED) is 0.363. The first-order chi connectivity index (χ1) is 23.5. The molecule has 12 atom stereocenters. The number of fused-ring (bicyclic) bond motifs is 7. The van der Waals surface area contributed by atoms with E-state index < -0.39 is 0 Å². The van der Waals surface area contributed by atoms with Gasteiger partial charge >= 0.3 is 0 Å². The van der Waals surface area contributed by atoms with Crippen molar-refractivity contribution in [2.24, 2.45) is 52.3 Å². The molecule has 8 aliphatic rings. The van der Waals surface area contributed by atoms with Crippen molar-refractivity contribution in [3.05, 3.63) is 0 Å². The Balaban J connectivity index is 0.822. The van der Waals surface area contributed by atoms with E-state index in [-0.39, 0.29) is 30.1 Å².